The number of hydrogen-bond acceptors (Lipinski definition) is 9. The summed E-state index contributed by atoms with van der Waals surface area (Å²) in [6.07, 6.45) is 13.1. The van der Waals surface area contributed by atoms with Crippen LogP contribution in [0.3, 0.4) is 0 Å². The normalized spacial score (nSPS) is 15.1. The molecule has 10 nitrogen and oxygen atoms in total. The van der Waals surface area contributed by atoms with Gasteiger partial charge < -0.3 is 24.4 Å². The summed E-state index contributed by atoms with van der Waals surface area (Å²) in [5, 5.41) is 4.05. The molecule has 10 heteroatoms. The summed E-state index contributed by atoms with van der Waals surface area (Å²) in [4.78, 5) is 31.9. The second kappa shape index (κ2) is 13.7. The first-order valence-electron chi connectivity index (χ1n) is 13.8. The zero-order chi connectivity index (χ0) is 29.4. The van der Waals surface area contributed by atoms with Crippen LogP contribution in [0.4, 0.5) is 11.6 Å². The summed E-state index contributed by atoms with van der Waals surface area (Å²) in [5.41, 5.74) is 1.60. The van der Waals surface area contributed by atoms with Crippen molar-refractivity contribution in [2.45, 2.75) is 46.1 Å². The largest absolute Gasteiger partial charge is 0.493 e. The first-order valence-corrected chi connectivity index (χ1v) is 13.8. The highest BCUT2D eigenvalue weighted by molar-refractivity contribution is 5.93. The molecule has 216 valence electrons. The number of nitrogens with one attached hydrogen (secondary N) is 1. The number of likely N-dealkylation sites (tertiary alicyclic amines) is 1. The maximum absolute atomic E-state index is 12.0. The molecule has 1 amide bonds. The van der Waals surface area contributed by atoms with Crippen LogP contribution in [-0.4, -0.2) is 64.2 Å². The Bertz CT molecular complexity index is 1450. The van der Waals surface area contributed by atoms with E-state index in [0.29, 0.717) is 72.1 Å². The van der Waals surface area contributed by atoms with Crippen molar-refractivity contribution >= 4 is 34.0 Å². The lowest BCUT2D eigenvalue weighted by Crippen LogP contribution is -2.41. The molecule has 1 atom stereocenters. The third-order valence-corrected chi connectivity index (χ3v) is 7.14. The molecule has 1 aliphatic heterocycles. The number of aromatic nitrogens is 4. The SMILES string of the molecule is C=CC(=O)N1CCC(Oc2cc3c(Nc4nc(/C(C)=C/C=C\C(C)CC)ncc4OC)ncnc3cc2OC)CC1. The molecular weight excluding hydrogens is 520 g/mol. The van der Waals surface area contributed by atoms with Crippen LogP contribution >= 0.6 is 0 Å². The first kappa shape index (κ1) is 29.5. The molecule has 0 aliphatic carbocycles. The lowest BCUT2D eigenvalue weighted by Gasteiger charge is -2.31. The van der Waals surface area contributed by atoms with Crippen LogP contribution in [-0.2, 0) is 4.79 Å². The Morgan fingerprint density at radius 1 is 1.12 bits per heavy atom. The number of carbonyl (C=O) groups is 1. The molecular formula is C31H38N6O4. The maximum atomic E-state index is 12.0. The molecule has 0 bridgehead atoms. The van der Waals surface area contributed by atoms with Crippen molar-refractivity contribution in [2.24, 2.45) is 5.92 Å². The van der Waals surface area contributed by atoms with E-state index in [1.54, 1.807) is 25.3 Å². The zero-order valence-electron chi connectivity index (χ0n) is 24.4. The van der Waals surface area contributed by atoms with E-state index in [1.165, 1.54) is 12.4 Å². The Hall–Kier alpha value is -4.47. The number of fused-ring (bicyclic) bond motifs is 1. The van der Waals surface area contributed by atoms with Gasteiger partial charge in [0.15, 0.2) is 28.9 Å². The van der Waals surface area contributed by atoms with E-state index < -0.39 is 0 Å². The topological polar surface area (TPSA) is 112 Å². The van der Waals surface area contributed by atoms with Crippen LogP contribution in [0, 0.1) is 5.92 Å². The molecule has 0 saturated carbocycles. The van der Waals surface area contributed by atoms with Gasteiger partial charge in [0.2, 0.25) is 5.91 Å². The molecule has 2 aromatic heterocycles. The fraction of sp³-hybridized carbons (Fsp3) is 0.387. The van der Waals surface area contributed by atoms with Crippen LogP contribution in [0.5, 0.6) is 17.2 Å². The molecule has 1 N–H and O–H groups in total. The summed E-state index contributed by atoms with van der Waals surface area (Å²) in [7, 11) is 3.17. The Morgan fingerprint density at radius 3 is 2.56 bits per heavy atom. The number of amides is 1. The van der Waals surface area contributed by atoms with Gasteiger partial charge in [-0.05, 0) is 30.6 Å². The van der Waals surface area contributed by atoms with Crippen LogP contribution in [0.15, 0.2) is 55.5 Å². The number of ether oxygens (including phenoxy) is 3. The third-order valence-electron chi connectivity index (χ3n) is 7.14. The predicted molar refractivity (Wildman–Crippen MR) is 161 cm³/mol. The predicted octanol–water partition coefficient (Wildman–Crippen LogP) is 5.74. The number of benzene rings is 1. The van der Waals surface area contributed by atoms with Crippen LogP contribution < -0.4 is 19.5 Å². The second-order valence-corrected chi connectivity index (χ2v) is 9.94. The van der Waals surface area contributed by atoms with E-state index in [4.69, 9.17) is 19.2 Å². The monoisotopic (exact) mass is 558 g/mol. The average molecular weight is 559 g/mol. The Morgan fingerprint density at radius 2 is 1.88 bits per heavy atom. The van der Waals surface area contributed by atoms with Crippen molar-refractivity contribution in [1.29, 1.82) is 0 Å². The van der Waals surface area contributed by atoms with E-state index in [9.17, 15) is 4.79 Å². The van der Waals surface area contributed by atoms with Crippen LogP contribution in [0.1, 0.15) is 45.9 Å². The number of anilines is 2. The Kier molecular flexibility index (Phi) is 9.89. The highest BCUT2D eigenvalue weighted by Crippen LogP contribution is 2.37. The van der Waals surface area contributed by atoms with Gasteiger partial charge in [-0.1, -0.05) is 45.1 Å². The van der Waals surface area contributed by atoms with E-state index in [1.807, 2.05) is 31.2 Å². The molecule has 1 fully saturated rings. The fourth-order valence-corrected chi connectivity index (χ4v) is 4.43. The molecule has 3 heterocycles. The molecule has 41 heavy (non-hydrogen) atoms. The molecule has 4 rings (SSSR count). The van der Waals surface area contributed by atoms with Crippen LogP contribution in [0.2, 0.25) is 0 Å². The molecule has 1 aliphatic rings. The Labute approximate surface area is 241 Å². The van der Waals surface area contributed by atoms with Gasteiger partial charge in [0.25, 0.3) is 0 Å². The van der Waals surface area contributed by atoms with Crippen molar-refractivity contribution in [3.8, 4) is 17.2 Å². The second-order valence-electron chi connectivity index (χ2n) is 9.94. The highest BCUT2D eigenvalue weighted by Gasteiger charge is 2.24. The van der Waals surface area contributed by atoms with E-state index in [-0.39, 0.29) is 12.0 Å². The van der Waals surface area contributed by atoms with E-state index in [2.05, 4.69) is 46.8 Å². The minimum absolute atomic E-state index is 0.0591. The van der Waals surface area contributed by atoms with Gasteiger partial charge in [0, 0.05) is 37.4 Å². The summed E-state index contributed by atoms with van der Waals surface area (Å²) in [6.45, 7) is 11.1. The van der Waals surface area contributed by atoms with Gasteiger partial charge in [-0.2, -0.15) is 0 Å². The fourth-order valence-electron chi connectivity index (χ4n) is 4.43. The van der Waals surface area contributed by atoms with Crippen molar-refractivity contribution in [3.63, 3.8) is 0 Å². The van der Waals surface area contributed by atoms with Gasteiger partial charge >= 0.3 is 0 Å². The van der Waals surface area contributed by atoms with E-state index >= 15 is 0 Å². The Balaban J connectivity index is 1.62. The van der Waals surface area contributed by atoms with Crippen molar-refractivity contribution in [3.05, 3.63) is 61.4 Å². The van der Waals surface area contributed by atoms with Gasteiger partial charge in [-0.15, -0.1) is 0 Å². The molecule has 3 aromatic rings. The number of methoxy groups -OCH3 is 2. The zero-order valence-corrected chi connectivity index (χ0v) is 24.4. The standard InChI is InChI=1S/C31H38N6O4/c1-7-20(3)10-9-11-21(4)29-32-18-27(40-6)31(35-29)36-30-23-16-26(25(39-5)17-24(23)33-19-34-30)41-22-12-14-37(15-13-22)28(38)8-2/h8-11,16-20,22H,2,7,12-15H2,1,3-6H3,(H,32,33,34,35,36)/b10-9-,21-11+. The van der Waals surface area contributed by atoms with Crippen molar-refractivity contribution < 1.29 is 19.0 Å². The van der Waals surface area contributed by atoms with Gasteiger partial charge in [-0.3, -0.25) is 4.79 Å². The number of allylic oxidation sites excluding steroid dienone is 4. The number of carbonyl (C=O) groups excluding carboxylic acids is 1. The van der Waals surface area contributed by atoms with Crippen molar-refractivity contribution in [1.82, 2.24) is 24.8 Å². The summed E-state index contributed by atoms with van der Waals surface area (Å²) in [6, 6.07) is 3.70. The molecule has 1 unspecified atom stereocenters. The number of piperidine rings is 1. The highest BCUT2D eigenvalue weighted by atomic mass is 16.5. The number of nitrogens with zero attached hydrogens (tertiary/aromatic N) is 5. The number of hydrogen-bond donors (Lipinski definition) is 1. The molecule has 1 saturated heterocycles. The van der Waals surface area contributed by atoms with E-state index in [0.717, 1.165) is 17.4 Å². The summed E-state index contributed by atoms with van der Waals surface area (Å²) in [5.74, 6) is 3.66. The lowest BCUT2D eigenvalue weighted by atomic mass is 10.1. The molecule has 0 spiro atoms. The summed E-state index contributed by atoms with van der Waals surface area (Å²) >= 11 is 0. The lowest BCUT2D eigenvalue weighted by molar-refractivity contribution is -0.127. The third kappa shape index (κ3) is 7.19. The maximum Gasteiger partial charge on any atom is 0.245 e. The smallest absolute Gasteiger partial charge is 0.245 e. The van der Waals surface area contributed by atoms with Gasteiger partial charge in [-0.25, -0.2) is 19.9 Å². The minimum Gasteiger partial charge on any atom is -0.493 e. The number of rotatable bonds is 11. The van der Waals surface area contributed by atoms with Crippen LogP contribution in [0.25, 0.3) is 16.5 Å². The average Bonchev–Trinajstić information content (AvgIpc) is 3.00. The minimum atomic E-state index is -0.0649. The molecule has 0 radical (unpaired) electrons. The van der Waals surface area contributed by atoms with Crippen molar-refractivity contribution in [2.75, 3.05) is 32.6 Å². The van der Waals surface area contributed by atoms with Gasteiger partial charge in [0.05, 0.1) is 25.9 Å². The first-order chi connectivity index (χ1) is 19.9. The summed E-state index contributed by atoms with van der Waals surface area (Å²) < 4.78 is 17.5. The molecule has 1 aromatic carbocycles. The quantitative estimate of drug-likeness (QED) is 0.232. The van der Waals surface area contributed by atoms with Gasteiger partial charge in [0.1, 0.15) is 18.2 Å².